The van der Waals surface area contributed by atoms with Gasteiger partial charge in [0.05, 0.1) is 9.88 Å². The van der Waals surface area contributed by atoms with Gasteiger partial charge in [-0.1, -0.05) is 0 Å². The molecule has 1 aliphatic carbocycles. The van der Waals surface area contributed by atoms with Crippen LogP contribution in [0.2, 0.25) is 0 Å². The zero-order valence-corrected chi connectivity index (χ0v) is 11.4. The molecule has 0 bridgehead atoms. The maximum atomic E-state index is 12.0. The van der Waals surface area contributed by atoms with Crippen molar-refractivity contribution in [3.63, 3.8) is 0 Å². The Morgan fingerprint density at radius 2 is 1.85 bits per heavy atom. The first-order valence-corrected chi connectivity index (χ1v) is 7.16. The van der Waals surface area contributed by atoms with Crippen molar-refractivity contribution in [2.24, 2.45) is 5.92 Å². The van der Waals surface area contributed by atoms with Crippen molar-refractivity contribution in [1.82, 2.24) is 4.98 Å². The van der Waals surface area contributed by atoms with E-state index < -0.39 is 0 Å². The molecule has 1 saturated carbocycles. The summed E-state index contributed by atoms with van der Waals surface area (Å²) in [7, 11) is 0. The average Bonchev–Trinajstić information content (AvgIpc) is 3.20. The number of rotatable bonds is 4. The van der Waals surface area contributed by atoms with Crippen LogP contribution in [-0.4, -0.2) is 16.8 Å². The lowest BCUT2D eigenvalue weighted by Crippen LogP contribution is -2.12. The minimum Gasteiger partial charge on any atom is -0.321 e. The molecule has 2 N–H and O–H groups in total. The molecule has 0 spiro atoms. The number of anilines is 2. The van der Waals surface area contributed by atoms with Gasteiger partial charge in [-0.2, -0.15) is 0 Å². The summed E-state index contributed by atoms with van der Waals surface area (Å²) in [4.78, 5) is 28.1. The zero-order valence-electron chi connectivity index (χ0n) is 10.6. The first kappa shape index (κ1) is 12.8. The van der Waals surface area contributed by atoms with Crippen LogP contribution in [0.3, 0.4) is 0 Å². The molecule has 2 aromatic heterocycles. The predicted molar refractivity (Wildman–Crippen MR) is 77.9 cm³/mol. The summed E-state index contributed by atoms with van der Waals surface area (Å²) in [6.45, 7) is 0. The van der Waals surface area contributed by atoms with Gasteiger partial charge in [0.2, 0.25) is 5.91 Å². The molecular formula is C14H13N3O2S. The molecule has 6 heteroatoms. The molecule has 1 fully saturated rings. The predicted octanol–water partition coefficient (Wildman–Crippen LogP) is 2.74. The van der Waals surface area contributed by atoms with Crippen molar-refractivity contribution in [3.05, 3.63) is 41.5 Å². The van der Waals surface area contributed by atoms with Gasteiger partial charge < -0.3 is 10.6 Å². The molecule has 2 aromatic rings. The van der Waals surface area contributed by atoms with Crippen molar-refractivity contribution in [3.8, 4) is 0 Å². The molecule has 5 nitrogen and oxygen atoms in total. The highest BCUT2D eigenvalue weighted by atomic mass is 32.1. The fourth-order valence-electron chi connectivity index (χ4n) is 1.72. The number of carbonyl (C=O) groups is 2. The lowest BCUT2D eigenvalue weighted by Gasteiger charge is -2.02. The molecule has 0 aliphatic heterocycles. The first-order valence-electron chi connectivity index (χ1n) is 6.34. The number of carbonyl (C=O) groups excluding carboxylic acids is 2. The second kappa shape index (κ2) is 5.42. The smallest absolute Gasteiger partial charge is 0.265 e. The van der Waals surface area contributed by atoms with E-state index in [2.05, 4.69) is 15.6 Å². The average molecular weight is 287 g/mol. The Bertz CT molecular complexity index is 635. The summed E-state index contributed by atoms with van der Waals surface area (Å²) in [6, 6.07) is 6.92. The van der Waals surface area contributed by atoms with E-state index >= 15 is 0 Å². The number of nitrogens with zero attached hydrogens (tertiary/aromatic N) is 1. The number of amides is 2. The van der Waals surface area contributed by atoms with Crippen LogP contribution >= 0.6 is 11.3 Å². The standard InChI is InChI=1S/C14H13N3O2S/c18-13(9-1-2-9)17-12-4-3-11(20-12)14(19)16-10-5-7-15-8-6-10/h3-9H,1-2H2,(H,17,18)(H,15,16,19). The van der Waals surface area contributed by atoms with Gasteiger partial charge in [0.15, 0.2) is 0 Å². The molecule has 20 heavy (non-hydrogen) atoms. The third-order valence-corrected chi connectivity index (χ3v) is 3.96. The van der Waals surface area contributed by atoms with E-state index in [1.54, 1.807) is 36.7 Å². The van der Waals surface area contributed by atoms with E-state index in [0.717, 1.165) is 12.8 Å². The van der Waals surface area contributed by atoms with Crippen LogP contribution in [0, 0.1) is 5.92 Å². The monoisotopic (exact) mass is 287 g/mol. The lowest BCUT2D eigenvalue weighted by atomic mass is 10.3. The maximum absolute atomic E-state index is 12.0. The highest BCUT2D eigenvalue weighted by Crippen LogP contribution is 2.31. The van der Waals surface area contributed by atoms with Gasteiger partial charge in [0.25, 0.3) is 5.91 Å². The normalized spacial score (nSPS) is 13.8. The minimum atomic E-state index is -0.187. The molecular weight excluding hydrogens is 274 g/mol. The van der Waals surface area contributed by atoms with Gasteiger partial charge >= 0.3 is 0 Å². The molecule has 3 rings (SSSR count). The quantitative estimate of drug-likeness (QED) is 0.908. The molecule has 0 unspecified atom stereocenters. The van der Waals surface area contributed by atoms with Gasteiger partial charge in [-0.05, 0) is 37.1 Å². The van der Waals surface area contributed by atoms with E-state index in [4.69, 9.17) is 0 Å². The van der Waals surface area contributed by atoms with Gasteiger partial charge in [-0.3, -0.25) is 14.6 Å². The Morgan fingerprint density at radius 1 is 1.10 bits per heavy atom. The van der Waals surface area contributed by atoms with Crippen molar-refractivity contribution >= 4 is 33.8 Å². The highest BCUT2D eigenvalue weighted by Gasteiger charge is 2.29. The van der Waals surface area contributed by atoms with E-state index in [9.17, 15) is 9.59 Å². The van der Waals surface area contributed by atoms with Crippen LogP contribution in [0.15, 0.2) is 36.7 Å². The summed E-state index contributed by atoms with van der Waals surface area (Å²) >= 11 is 1.27. The SMILES string of the molecule is O=C(Nc1ccncc1)c1ccc(NC(=O)C2CC2)s1. The van der Waals surface area contributed by atoms with Crippen LogP contribution < -0.4 is 10.6 Å². The molecule has 2 amide bonds. The third kappa shape index (κ3) is 3.03. The van der Waals surface area contributed by atoms with Gasteiger partial charge in [0, 0.05) is 24.0 Å². The minimum absolute atomic E-state index is 0.0490. The molecule has 0 radical (unpaired) electrons. The molecule has 1 aliphatic rings. The van der Waals surface area contributed by atoms with Crippen LogP contribution in [0.4, 0.5) is 10.7 Å². The summed E-state index contributed by atoms with van der Waals surface area (Å²) < 4.78 is 0. The second-order valence-corrected chi connectivity index (χ2v) is 5.70. The summed E-state index contributed by atoms with van der Waals surface area (Å²) in [5.74, 6) is 0.0206. The van der Waals surface area contributed by atoms with Crippen molar-refractivity contribution < 1.29 is 9.59 Å². The highest BCUT2D eigenvalue weighted by molar-refractivity contribution is 7.18. The molecule has 0 aromatic carbocycles. The second-order valence-electron chi connectivity index (χ2n) is 4.62. The Balaban J connectivity index is 1.63. The zero-order chi connectivity index (χ0) is 13.9. The van der Waals surface area contributed by atoms with Crippen LogP contribution in [0.1, 0.15) is 22.5 Å². The van der Waals surface area contributed by atoms with Gasteiger partial charge in [-0.15, -0.1) is 11.3 Å². The van der Waals surface area contributed by atoms with E-state index in [1.807, 2.05) is 0 Å². The maximum Gasteiger partial charge on any atom is 0.265 e. The topological polar surface area (TPSA) is 71.1 Å². The first-order chi connectivity index (χ1) is 9.72. The van der Waals surface area contributed by atoms with Crippen LogP contribution in [-0.2, 0) is 4.79 Å². The van der Waals surface area contributed by atoms with E-state index in [1.165, 1.54) is 11.3 Å². The molecule has 102 valence electrons. The number of thiophene rings is 1. The Morgan fingerprint density at radius 3 is 2.55 bits per heavy atom. The Hall–Kier alpha value is -2.21. The van der Waals surface area contributed by atoms with Crippen LogP contribution in [0.5, 0.6) is 0 Å². The van der Waals surface area contributed by atoms with Crippen molar-refractivity contribution in [2.45, 2.75) is 12.8 Å². The number of aromatic nitrogens is 1. The number of hydrogen-bond donors (Lipinski definition) is 2. The molecule has 2 heterocycles. The van der Waals surface area contributed by atoms with Crippen molar-refractivity contribution in [2.75, 3.05) is 10.6 Å². The van der Waals surface area contributed by atoms with E-state index in [0.29, 0.717) is 15.6 Å². The van der Waals surface area contributed by atoms with Crippen molar-refractivity contribution in [1.29, 1.82) is 0 Å². The van der Waals surface area contributed by atoms with Gasteiger partial charge in [0.1, 0.15) is 0 Å². The largest absolute Gasteiger partial charge is 0.321 e. The summed E-state index contributed by atoms with van der Waals surface area (Å²) in [6.07, 6.45) is 5.16. The van der Waals surface area contributed by atoms with Crippen LogP contribution in [0.25, 0.3) is 0 Å². The Kier molecular flexibility index (Phi) is 3.47. The third-order valence-electron chi connectivity index (χ3n) is 2.96. The van der Waals surface area contributed by atoms with Gasteiger partial charge in [-0.25, -0.2) is 0 Å². The molecule has 0 saturated heterocycles. The number of hydrogen-bond acceptors (Lipinski definition) is 4. The lowest BCUT2D eigenvalue weighted by molar-refractivity contribution is -0.117. The summed E-state index contributed by atoms with van der Waals surface area (Å²) in [5, 5.41) is 6.32. The number of nitrogens with one attached hydrogen (secondary N) is 2. The molecule has 0 atom stereocenters. The fraction of sp³-hybridized carbons (Fsp3) is 0.214. The fourth-order valence-corrected chi connectivity index (χ4v) is 2.53. The number of pyridine rings is 1. The Labute approximate surface area is 120 Å². The summed E-state index contributed by atoms with van der Waals surface area (Å²) in [5.41, 5.74) is 0.696. The van der Waals surface area contributed by atoms with E-state index in [-0.39, 0.29) is 17.7 Å².